The molecule has 2 N–H and O–H groups in total. The molecular formula is C23H24F3N5O3S. The van der Waals surface area contributed by atoms with Crippen molar-refractivity contribution < 1.29 is 22.7 Å². The molecule has 0 aliphatic rings. The molecule has 0 saturated carbocycles. The molecule has 0 aliphatic carbocycles. The molecule has 35 heavy (non-hydrogen) atoms. The monoisotopic (exact) mass is 507 g/mol. The second-order valence-electron chi connectivity index (χ2n) is 7.53. The van der Waals surface area contributed by atoms with E-state index < -0.39 is 12.8 Å². The number of nitrogens with one attached hydrogen (secondary N) is 2. The maximum atomic E-state index is 13.3. The highest BCUT2D eigenvalue weighted by Crippen LogP contribution is 2.25. The fourth-order valence-electron chi connectivity index (χ4n) is 3.28. The average molecular weight is 508 g/mol. The first-order valence-electron chi connectivity index (χ1n) is 10.9. The number of fused-ring (bicyclic) bond motifs is 1. The van der Waals surface area contributed by atoms with E-state index in [1.165, 1.54) is 40.6 Å². The van der Waals surface area contributed by atoms with Crippen molar-refractivity contribution in [3.63, 3.8) is 0 Å². The number of alkyl halides is 3. The van der Waals surface area contributed by atoms with Crippen LogP contribution in [0.1, 0.15) is 31.7 Å². The minimum absolute atomic E-state index is 0.0258. The van der Waals surface area contributed by atoms with Gasteiger partial charge in [-0.25, -0.2) is 4.98 Å². The third-order valence-corrected chi connectivity index (χ3v) is 5.99. The Kier molecular flexibility index (Phi) is 8.81. The topological polar surface area (TPSA) is 113 Å². The number of hydrogen-bond donors (Lipinski definition) is 2. The number of thioether (sulfide) groups is 1. The lowest BCUT2D eigenvalue weighted by molar-refractivity contribution is -0.153. The van der Waals surface area contributed by atoms with E-state index in [-0.39, 0.29) is 30.1 Å². The molecule has 0 fully saturated rings. The number of amides is 1. The Balaban J connectivity index is 1.83. The van der Waals surface area contributed by atoms with Crippen LogP contribution in [0.2, 0.25) is 0 Å². The van der Waals surface area contributed by atoms with E-state index in [2.05, 4.69) is 15.3 Å². The van der Waals surface area contributed by atoms with Crippen molar-refractivity contribution in [2.45, 2.75) is 43.9 Å². The highest BCUT2D eigenvalue weighted by molar-refractivity contribution is 7.99. The van der Waals surface area contributed by atoms with E-state index >= 15 is 0 Å². The van der Waals surface area contributed by atoms with Gasteiger partial charge in [0.15, 0.2) is 11.8 Å². The average Bonchev–Trinajstić information content (AvgIpc) is 3.24. The number of rotatable bonds is 11. The van der Waals surface area contributed by atoms with Gasteiger partial charge in [-0.15, -0.1) is 0 Å². The summed E-state index contributed by atoms with van der Waals surface area (Å²) in [6, 6.07) is 7.68. The van der Waals surface area contributed by atoms with E-state index in [1.54, 1.807) is 6.20 Å². The van der Waals surface area contributed by atoms with Gasteiger partial charge in [0.05, 0.1) is 23.7 Å². The highest BCUT2D eigenvalue weighted by Gasteiger charge is 2.28. The van der Waals surface area contributed by atoms with Gasteiger partial charge in [-0.2, -0.15) is 18.4 Å². The summed E-state index contributed by atoms with van der Waals surface area (Å²) in [7, 11) is 0. The molecule has 0 saturated heterocycles. The van der Waals surface area contributed by atoms with Crippen molar-refractivity contribution in [2.24, 2.45) is 0 Å². The predicted octanol–water partition coefficient (Wildman–Crippen LogP) is 4.12. The van der Waals surface area contributed by atoms with Crippen LogP contribution < -0.4 is 15.6 Å². The molecule has 0 spiro atoms. The molecule has 2 aromatic heterocycles. The van der Waals surface area contributed by atoms with Crippen LogP contribution in [-0.2, 0) is 11.2 Å². The van der Waals surface area contributed by atoms with Crippen LogP contribution in [0.3, 0.4) is 0 Å². The summed E-state index contributed by atoms with van der Waals surface area (Å²) < 4.78 is 43.4. The quantitative estimate of drug-likeness (QED) is 0.229. The van der Waals surface area contributed by atoms with Crippen molar-refractivity contribution in [3.05, 3.63) is 46.4 Å². The molecule has 2 heterocycles. The Labute approximate surface area is 203 Å². The van der Waals surface area contributed by atoms with Gasteiger partial charge in [0.2, 0.25) is 5.91 Å². The number of carbonyl (C=O) groups is 1. The zero-order chi connectivity index (χ0) is 25.4. The molecule has 0 radical (unpaired) electrons. The Morgan fingerprint density at radius 2 is 2.06 bits per heavy atom. The molecule has 1 amide bonds. The number of ether oxygens (including phenoxy) is 1. The first-order valence-corrected chi connectivity index (χ1v) is 11.9. The number of benzene rings is 1. The van der Waals surface area contributed by atoms with Crippen molar-refractivity contribution in [1.82, 2.24) is 19.9 Å². The first kappa shape index (κ1) is 26.2. The van der Waals surface area contributed by atoms with Gasteiger partial charge in [0.25, 0.3) is 5.56 Å². The summed E-state index contributed by atoms with van der Waals surface area (Å²) in [5, 5.41) is 11.6. The normalized spacial score (nSPS) is 11.4. The van der Waals surface area contributed by atoms with E-state index in [9.17, 15) is 22.8 Å². The molecule has 3 rings (SSSR count). The molecule has 1 aromatic carbocycles. The van der Waals surface area contributed by atoms with E-state index in [4.69, 9.17) is 10.00 Å². The second-order valence-corrected chi connectivity index (χ2v) is 8.60. The summed E-state index contributed by atoms with van der Waals surface area (Å²) >= 11 is 1.31. The van der Waals surface area contributed by atoms with Crippen LogP contribution in [-0.4, -0.2) is 45.5 Å². The fraction of sp³-hybridized carbons (Fsp3) is 0.391. The number of H-pyrrole nitrogens is 1. The lowest BCUT2D eigenvalue weighted by Gasteiger charge is -2.14. The van der Waals surface area contributed by atoms with Crippen LogP contribution in [0.5, 0.6) is 5.75 Å². The fourth-order valence-corrected chi connectivity index (χ4v) is 4.23. The van der Waals surface area contributed by atoms with Crippen molar-refractivity contribution >= 4 is 28.7 Å². The molecular weight excluding hydrogens is 483 g/mol. The molecule has 0 atom stereocenters. The Morgan fingerprint density at radius 3 is 2.71 bits per heavy atom. The molecule has 8 nitrogen and oxygen atoms in total. The summed E-state index contributed by atoms with van der Waals surface area (Å²) in [4.78, 5) is 32.8. The van der Waals surface area contributed by atoms with Crippen LogP contribution in [0, 0.1) is 11.3 Å². The Bertz CT molecular complexity index is 1260. The number of carbonyl (C=O) groups excluding carboxylic acids is 1. The molecule has 0 aliphatic heterocycles. The van der Waals surface area contributed by atoms with E-state index in [0.717, 1.165) is 5.56 Å². The van der Waals surface area contributed by atoms with Crippen molar-refractivity contribution in [2.75, 3.05) is 18.9 Å². The summed E-state index contributed by atoms with van der Waals surface area (Å²) in [6.45, 7) is 0.844. The lowest BCUT2D eigenvalue weighted by atomic mass is 10.2. The van der Waals surface area contributed by atoms with Crippen molar-refractivity contribution in [3.8, 4) is 17.5 Å². The molecule has 0 bridgehead atoms. The standard InChI is InChI=1S/C23H24F3N5O3S/c1-2-15-13-29-20-19(15)30-22(35-12-3-5-18(32)28-11-4-10-27)31(21(20)33)16-6-8-17(9-7-16)34-14-23(24,25)26/h6-9,13,29H,2-5,11-12,14H2,1H3,(H,28,32). The third-order valence-electron chi connectivity index (χ3n) is 4.96. The maximum Gasteiger partial charge on any atom is 0.422 e. The van der Waals surface area contributed by atoms with E-state index in [1.807, 2.05) is 13.0 Å². The number of aromatic amines is 1. The first-order chi connectivity index (χ1) is 16.7. The van der Waals surface area contributed by atoms with Crippen LogP contribution >= 0.6 is 11.8 Å². The van der Waals surface area contributed by atoms with Gasteiger partial charge in [0.1, 0.15) is 11.3 Å². The number of nitriles is 1. The zero-order valence-corrected chi connectivity index (χ0v) is 19.8. The number of halogens is 3. The highest BCUT2D eigenvalue weighted by atomic mass is 32.2. The molecule has 12 heteroatoms. The Morgan fingerprint density at radius 1 is 1.31 bits per heavy atom. The van der Waals surface area contributed by atoms with Crippen LogP contribution in [0.15, 0.2) is 40.4 Å². The largest absolute Gasteiger partial charge is 0.484 e. The number of nitrogens with zero attached hydrogens (tertiary/aromatic N) is 3. The Hall–Kier alpha value is -3.46. The zero-order valence-electron chi connectivity index (χ0n) is 18.9. The summed E-state index contributed by atoms with van der Waals surface area (Å²) in [5.41, 5.74) is 1.87. The molecule has 0 unspecified atom stereocenters. The number of aromatic nitrogens is 3. The summed E-state index contributed by atoms with van der Waals surface area (Å²) in [6.07, 6.45) is -1.01. The molecule has 3 aromatic rings. The minimum Gasteiger partial charge on any atom is -0.484 e. The number of aryl methyl sites for hydroxylation is 1. The third kappa shape index (κ3) is 7.02. The van der Waals surface area contributed by atoms with Gasteiger partial charge in [-0.1, -0.05) is 18.7 Å². The smallest absolute Gasteiger partial charge is 0.422 e. The molecule has 186 valence electrons. The predicted molar refractivity (Wildman–Crippen MR) is 126 cm³/mol. The van der Waals surface area contributed by atoms with Crippen LogP contribution in [0.4, 0.5) is 13.2 Å². The van der Waals surface area contributed by atoms with E-state index in [0.29, 0.717) is 47.0 Å². The van der Waals surface area contributed by atoms with Gasteiger partial charge in [0, 0.05) is 24.9 Å². The minimum atomic E-state index is -4.45. The SMILES string of the molecule is CCc1c[nH]c2c(=O)n(-c3ccc(OCC(F)(F)F)cc3)c(SCCCC(=O)NCCC#N)nc12. The van der Waals surface area contributed by atoms with Gasteiger partial charge in [-0.05, 0) is 42.7 Å². The van der Waals surface area contributed by atoms with Crippen molar-refractivity contribution in [1.29, 1.82) is 5.26 Å². The van der Waals surface area contributed by atoms with Gasteiger partial charge < -0.3 is 15.0 Å². The maximum absolute atomic E-state index is 13.3. The lowest BCUT2D eigenvalue weighted by Crippen LogP contribution is -2.24. The van der Waals surface area contributed by atoms with Gasteiger partial charge >= 0.3 is 6.18 Å². The summed E-state index contributed by atoms with van der Waals surface area (Å²) in [5.74, 6) is 0.371. The van der Waals surface area contributed by atoms with Crippen LogP contribution in [0.25, 0.3) is 16.7 Å². The van der Waals surface area contributed by atoms with Gasteiger partial charge in [-0.3, -0.25) is 14.2 Å². The number of hydrogen-bond acceptors (Lipinski definition) is 6. The second kappa shape index (κ2) is 11.8.